The van der Waals surface area contributed by atoms with Gasteiger partial charge in [-0.2, -0.15) is 0 Å². The van der Waals surface area contributed by atoms with E-state index in [1.165, 1.54) is 0 Å². The van der Waals surface area contributed by atoms with E-state index >= 15 is 0 Å². The van der Waals surface area contributed by atoms with E-state index in [0.29, 0.717) is 11.4 Å². The standard InChI is InChI=1S/C17H14N2O/c1-12-5-4-7-14(11-12)17(20)19-16-10-9-13-6-2-3-8-15(13)18-16/h2-11H,1H3,(H,18,19,20). The van der Waals surface area contributed by atoms with Crippen molar-refractivity contribution in [3.8, 4) is 0 Å². The summed E-state index contributed by atoms with van der Waals surface area (Å²) in [5.74, 6) is 0.423. The molecule has 20 heavy (non-hydrogen) atoms. The first kappa shape index (κ1) is 12.4. The van der Waals surface area contributed by atoms with Crippen molar-refractivity contribution < 1.29 is 4.79 Å². The van der Waals surface area contributed by atoms with Crippen LogP contribution in [0.4, 0.5) is 5.82 Å². The quantitative estimate of drug-likeness (QED) is 0.763. The molecule has 0 aliphatic rings. The van der Waals surface area contributed by atoms with Crippen LogP contribution in [-0.4, -0.2) is 10.9 Å². The van der Waals surface area contributed by atoms with Crippen molar-refractivity contribution in [2.24, 2.45) is 0 Å². The Morgan fingerprint density at radius 3 is 2.70 bits per heavy atom. The second-order valence-electron chi connectivity index (χ2n) is 4.71. The number of anilines is 1. The number of carbonyl (C=O) groups is 1. The molecule has 0 radical (unpaired) electrons. The molecule has 0 saturated carbocycles. The molecule has 0 spiro atoms. The number of pyridine rings is 1. The minimum absolute atomic E-state index is 0.142. The molecular formula is C17H14N2O. The lowest BCUT2D eigenvalue weighted by Gasteiger charge is -2.06. The summed E-state index contributed by atoms with van der Waals surface area (Å²) in [6.07, 6.45) is 0. The normalized spacial score (nSPS) is 10.4. The van der Waals surface area contributed by atoms with Crippen LogP contribution in [0.15, 0.2) is 60.7 Å². The monoisotopic (exact) mass is 262 g/mol. The Morgan fingerprint density at radius 2 is 1.85 bits per heavy atom. The number of hydrogen-bond acceptors (Lipinski definition) is 2. The molecule has 2 aromatic carbocycles. The summed E-state index contributed by atoms with van der Waals surface area (Å²) < 4.78 is 0. The van der Waals surface area contributed by atoms with Crippen LogP contribution in [0.5, 0.6) is 0 Å². The maximum atomic E-state index is 12.2. The van der Waals surface area contributed by atoms with Gasteiger partial charge in [0.05, 0.1) is 5.52 Å². The Labute approximate surface area is 117 Å². The predicted octanol–water partition coefficient (Wildman–Crippen LogP) is 3.80. The average molecular weight is 262 g/mol. The molecule has 3 rings (SSSR count). The molecule has 1 heterocycles. The van der Waals surface area contributed by atoms with Gasteiger partial charge in [-0.3, -0.25) is 4.79 Å². The van der Waals surface area contributed by atoms with Crippen LogP contribution in [0.25, 0.3) is 10.9 Å². The van der Waals surface area contributed by atoms with Crippen molar-refractivity contribution in [3.05, 3.63) is 71.8 Å². The van der Waals surface area contributed by atoms with E-state index < -0.39 is 0 Å². The van der Waals surface area contributed by atoms with Gasteiger partial charge in [0, 0.05) is 10.9 Å². The van der Waals surface area contributed by atoms with Gasteiger partial charge in [-0.1, -0.05) is 35.9 Å². The molecule has 3 heteroatoms. The van der Waals surface area contributed by atoms with Crippen LogP contribution in [-0.2, 0) is 0 Å². The van der Waals surface area contributed by atoms with E-state index in [-0.39, 0.29) is 5.91 Å². The van der Waals surface area contributed by atoms with Crippen molar-refractivity contribution in [1.29, 1.82) is 0 Å². The summed E-state index contributed by atoms with van der Waals surface area (Å²) in [7, 11) is 0. The van der Waals surface area contributed by atoms with Crippen molar-refractivity contribution >= 4 is 22.6 Å². The van der Waals surface area contributed by atoms with E-state index in [9.17, 15) is 4.79 Å². The van der Waals surface area contributed by atoms with E-state index in [0.717, 1.165) is 16.5 Å². The molecular weight excluding hydrogens is 248 g/mol. The third-order valence-corrected chi connectivity index (χ3v) is 3.12. The zero-order chi connectivity index (χ0) is 13.9. The maximum Gasteiger partial charge on any atom is 0.256 e. The van der Waals surface area contributed by atoms with E-state index in [1.807, 2.05) is 61.5 Å². The fourth-order valence-electron chi connectivity index (χ4n) is 2.11. The van der Waals surface area contributed by atoms with Crippen LogP contribution in [0.2, 0.25) is 0 Å². The molecule has 0 atom stereocenters. The molecule has 98 valence electrons. The number of benzene rings is 2. The first-order valence-corrected chi connectivity index (χ1v) is 6.46. The van der Waals surface area contributed by atoms with Gasteiger partial charge in [-0.25, -0.2) is 4.98 Å². The van der Waals surface area contributed by atoms with Crippen LogP contribution < -0.4 is 5.32 Å². The minimum atomic E-state index is -0.142. The summed E-state index contributed by atoms with van der Waals surface area (Å²) in [6, 6.07) is 19.1. The largest absolute Gasteiger partial charge is 0.307 e. The number of para-hydroxylation sites is 1. The summed E-state index contributed by atoms with van der Waals surface area (Å²) in [6.45, 7) is 1.96. The SMILES string of the molecule is Cc1cccc(C(=O)Nc2ccc3ccccc3n2)c1. The number of carbonyl (C=O) groups excluding carboxylic acids is 1. The Hall–Kier alpha value is -2.68. The Balaban J connectivity index is 1.87. The Kier molecular flexibility index (Phi) is 3.17. The summed E-state index contributed by atoms with van der Waals surface area (Å²) >= 11 is 0. The number of amides is 1. The van der Waals surface area contributed by atoms with E-state index in [4.69, 9.17) is 0 Å². The van der Waals surface area contributed by atoms with Crippen molar-refractivity contribution in [2.45, 2.75) is 6.92 Å². The first-order valence-electron chi connectivity index (χ1n) is 6.46. The smallest absolute Gasteiger partial charge is 0.256 e. The topological polar surface area (TPSA) is 42.0 Å². The van der Waals surface area contributed by atoms with Crippen molar-refractivity contribution in [2.75, 3.05) is 5.32 Å². The zero-order valence-corrected chi connectivity index (χ0v) is 11.1. The second-order valence-corrected chi connectivity index (χ2v) is 4.71. The number of rotatable bonds is 2. The molecule has 3 aromatic rings. The average Bonchev–Trinajstić information content (AvgIpc) is 2.47. The molecule has 1 N–H and O–H groups in total. The summed E-state index contributed by atoms with van der Waals surface area (Å²) in [5.41, 5.74) is 2.57. The minimum Gasteiger partial charge on any atom is -0.307 e. The van der Waals surface area contributed by atoms with Crippen LogP contribution in [0.1, 0.15) is 15.9 Å². The van der Waals surface area contributed by atoms with Gasteiger partial charge in [-0.05, 0) is 37.3 Å². The zero-order valence-electron chi connectivity index (χ0n) is 11.1. The Bertz CT molecular complexity index is 781. The predicted molar refractivity (Wildman–Crippen MR) is 80.9 cm³/mol. The molecule has 0 fully saturated rings. The second kappa shape index (κ2) is 5.13. The van der Waals surface area contributed by atoms with Crippen LogP contribution in [0.3, 0.4) is 0 Å². The Morgan fingerprint density at radius 1 is 1.00 bits per heavy atom. The van der Waals surface area contributed by atoms with Gasteiger partial charge in [0.2, 0.25) is 0 Å². The molecule has 1 amide bonds. The molecule has 1 aromatic heterocycles. The van der Waals surface area contributed by atoms with Gasteiger partial charge in [0.25, 0.3) is 5.91 Å². The highest BCUT2D eigenvalue weighted by molar-refractivity contribution is 6.04. The summed E-state index contributed by atoms with van der Waals surface area (Å²) in [5, 5.41) is 3.88. The highest BCUT2D eigenvalue weighted by Crippen LogP contribution is 2.15. The third kappa shape index (κ3) is 2.52. The van der Waals surface area contributed by atoms with Gasteiger partial charge < -0.3 is 5.32 Å². The van der Waals surface area contributed by atoms with Crippen molar-refractivity contribution in [3.63, 3.8) is 0 Å². The number of nitrogens with zero attached hydrogens (tertiary/aromatic N) is 1. The van der Waals surface area contributed by atoms with E-state index in [1.54, 1.807) is 6.07 Å². The maximum absolute atomic E-state index is 12.2. The molecule has 3 nitrogen and oxygen atoms in total. The van der Waals surface area contributed by atoms with Crippen LogP contribution in [0, 0.1) is 6.92 Å². The van der Waals surface area contributed by atoms with Crippen molar-refractivity contribution in [1.82, 2.24) is 4.98 Å². The molecule has 0 aliphatic heterocycles. The number of aryl methyl sites for hydroxylation is 1. The molecule has 0 saturated heterocycles. The van der Waals surface area contributed by atoms with Gasteiger partial charge in [0.15, 0.2) is 0 Å². The molecule has 0 unspecified atom stereocenters. The highest BCUT2D eigenvalue weighted by Gasteiger charge is 2.07. The number of aromatic nitrogens is 1. The lowest BCUT2D eigenvalue weighted by atomic mass is 10.1. The fourth-order valence-corrected chi connectivity index (χ4v) is 2.11. The third-order valence-electron chi connectivity index (χ3n) is 3.12. The number of nitrogens with one attached hydrogen (secondary N) is 1. The van der Waals surface area contributed by atoms with Crippen LogP contribution >= 0.6 is 0 Å². The highest BCUT2D eigenvalue weighted by atomic mass is 16.1. The van der Waals surface area contributed by atoms with Gasteiger partial charge in [0.1, 0.15) is 5.82 Å². The first-order chi connectivity index (χ1) is 9.72. The lowest BCUT2D eigenvalue weighted by molar-refractivity contribution is 0.102. The van der Waals surface area contributed by atoms with Gasteiger partial charge >= 0.3 is 0 Å². The molecule has 0 bridgehead atoms. The van der Waals surface area contributed by atoms with E-state index in [2.05, 4.69) is 10.3 Å². The molecule has 0 aliphatic carbocycles. The lowest BCUT2D eigenvalue weighted by Crippen LogP contribution is -2.12. The summed E-state index contributed by atoms with van der Waals surface area (Å²) in [4.78, 5) is 16.6. The van der Waals surface area contributed by atoms with Gasteiger partial charge in [-0.15, -0.1) is 0 Å². The number of hydrogen-bond donors (Lipinski definition) is 1. The fraction of sp³-hybridized carbons (Fsp3) is 0.0588. The number of fused-ring (bicyclic) bond motifs is 1.